The number of para-hydroxylation sites is 1. The molecule has 3 rings (SSSR count). The summed E-state index contributed by atoms with van der Waals surface area (Å²) in [7, 11) is 0. The summed E-state index contributed by atoms with van der Waals surface area (Å²) in [5, 5.41) is 9.76. The molecule has 0 fully saturated rings. The van der Waals surface area contributed by atoms with E-state index in [0.29, 0.717) is 5.69 Å². The van der Waals surface area contributed by atoms with Crippen molar-refractivity contribution >= 4 is 11.5 Å². The Morgan fingerprint density at radius 2 is 1.62 bits per heavy atom. The molecule has 6 heteroatoms. The maximum Gasteiger partial charge on any atom is 0.196 e. The van der Waals surface area contributed by atoms with Gasteiger partial charge in [0.2, 0.25) is 0 Å². The van der Waals surface area contributed by atoms with E-state index in [4.69, 9.17) is 11.6 Å². The van der Waals surface area contributed by atoms with Crippen molar-refractivity contribution < 1.29 is 30.0 Å². The fourth-order valence-corrected chi connectivity index (χ4v) is 4.72. The fourth-order valence-electron chi connectivity index (χ4n) is 4.72. The molecule has 0 spiro atoms. The Morgan fingerprint density at radius 3 is 2.14 bits per heavy atom. The molecule has 0 aliphatic heterocycles. The van der Waals surface area contributed by atoms with Gasteiger partial charge in [-0.25, -0.2) is 4.85 Å². The van der Waals surface area contributed by atoms with Gasteiger partial charge in [-0.05, 0) is 38.0 Å². The summed E-state index contributed by atoms with van der Waals surface area (Å²) in [6.45, 7) is 26.0. The molecule has 0 unspecified atom stereocenters. The monoisotopic (exact) mass is 745 g/mol. The Balaban J connectivity index is 0.000000476. The van der Waals surface area contributed by atoms with Crippen LogP contribution in [0.3, 0.4) is 0 Å². The van der Waals surface area contributed by atoms with Crippen LogP contribution in [0.1, 0.15) is 91.0 Å². The van der Waals surface area contributed by atoms with Crippen LogP contribution in [0.15, 0.2) is 54.4 Å². The van der Waals surface area contributed by atoms with E-state index in [0.717, 1.165) is 59.5 Å². The molecule has 1 radical (unpaired) electrons. The van der Waals surface area contributed by atoms with Crippen LogP contribution in [0.5, 0.6) is 0 Å². The van der Waals surface area contributed by atoms with Crippen molar-refractivity contribution in [3.8, 4) is 22.5 Å². The number of rotatable bonds is 9. The standard InChI is InChI=1S/C23H22N3.C13H24O2.Ir/c1-15-11-17(13-18(12-15)23(3,4)5)22-16(2)26-21(14-25-22)19-9-7-8-10-20(19)24-6;1-5-10(6-2)12(14)9-13(15)11(7-3)8-4;/h7-10,12-14H,1-5H3;9-11,14H,5-8H2,1-4H3;/q-1;;/b;12-9-;. The molecule has 0 saturated carbocycles. The normalized spacial score (nSPS) is 11.4. The van der Waals surface area contributed by atoms with Gasteiger partial charge in [0.25, 0.3) is 0 Å². The van der Waals surface area contributed by atoms with Crippen LogP contribution in [-0.2, 0) is 30.3 Å². The van der Waals surface area contributed by atoms with E-state index in [1.54, 1.807) is 12.3 Å². The second-order valence-electron chi connectivity index (χ2n) is 11.5. The number of aromatic nitrogens is 2. The number of benzene rings is 2. The first-order valence-corrected chi connectivity index (χ1v) is 14.7. The SMILES string of the molecule is CCC(CC)C(=O)/C=C(\O)C(CC)CC.[C-]#[N+]c1ccccc1-c1cnc(-c2[c-]c(C)cc(C(C)(C)C)c2)c(C)n1.[Ir]. The summed E-state index contributed by atoms with van der Waals surface area (Å²) in [5.74, 6) is 0.547. The van der Waals surface area contributed by atoms with E-state index < -0.39 is 0 Å². The number of aliphatic hydroxyl groups is 1. The van der Waals surface area contributed by atoms with Crippen LogP contribution in [0.2, 0.25) is 0 Å². The first-order chi connectivity index (χ1) is 19.4. The summed E-state index contributed by atoms with van der Waals surface area (Å²) in [6, 6.07) is 15.2. The molecule has 1 aromatic heterocycles. The van der Waals surface area contributed by atoms with E-state index in [9.17, 15) is 9.90 Å². The number of carbonyl (C=O) groups excluding carboxylic acids is 1. The van der Waals surface area contributed by atoms with Gasteiger partial charge >= 0.3 is 0 Å². The molecule has 0 saturated heterocycles. The maximum absolute atomic E-state index is 11.7. The molecule has 42 heavy (non-hydrogen) atoms. The van der Waals surface area contributed by atoms with Crippen molar-refractivity contribution in [1.82, 2.24) is 9.97 Å². The van der Waals surface area contributed by atoms with Gasteiger partial charge in [-0.3, -0.25) is 9.78 Å². The van der Waals surface area contributed by atoms with Crippen molar-refractivity contribution in [1.29, 1.82) is 0 Å². The van der Waals surface area contributed by atoms with E-state index >= 15 is 0 Å². The summed E-state index contributed by atoms with van der Waals surface area (Å²) < 4.78 is 0. The Bertz CT molecular complexity index is 1390. The van der Waals surface area contributed by atoms with Crippen molar-refractivity contribution in [2.45, 2.75) is 93.4 Å². The molecular weight excluding hydrogens is 699 g/mol. The zero-order valence-electron chi connectivity index (χ0n) is 26.6. The predicted molar refractivity (Wildman–Crippen MR) is 170 cm³/mol. The summed E-state index contributed by atoms with van der Waals surface area (Å²) >= 11 is 0. The zero-order chi connectivity index (χ0) is 30.7. The van der Waals surface area contributed by atoms with Crippen molar-refractivity contribution in [2.75, 3.05) is 0 Å². The van der Waals surface area contributed by atoms with E-state index in [-0.39, 0.29) is 48.9 Å². The summed E-state index contributed by atoms with van der Waals surface area (Å²) in [6.07, 6.45) is 6.66. The van der Waals surface area contributed by atoms with Crippen LogP contribution in [0.4, 0.5) is 5.69 Å². The maximum atomic E-state index is 11.7. The molecule has 0 atom stereocenters. The Labute approximate surface area is 267 Å². The number of nitrogens with zero attached hydrogens (tertiary/aromatic N) is 3. The Morgan fingerprint density at radius 1 is 1.02 bits per heavy atom. The van der Waals surface area contributed by atoms with Crippen LogP contribution in [0, 0.1) is 38.3 Å². The van der Waals surface area contributed by atoms with Gasteiger partial charge in [-0.15, -0.1) is 34.9 Å². The van der Waals surface area contributed by atoms with Gasteiger partial charge in [0, 0.05) is 61.2 Å². The Kier molecular flexibility index (Phi) is 15.0. The molecule has 2 aromatic carbocycles. The number of carbonyl (C=O) groups is 1. The average Bonchev–Trinajstić information content (AvgIpc) is 2.93. The summed E-state index contributed by atoms with van der Waals surface area (Å²) in [4.78, 5) is 24.7. The van der Waals surface area contributed by atoms with Crippen molar-refractivity contribution in [2.24, 2.45) is 11.8 Å². The zero-order valence-corrected chi connectivity index (χ0v) is 29.0. The summed E-state index contributed by atoms with van der Waals surface area (Å²) in [5.41, 5.74) is 7.17. The van der Waals surface area contributed by atoms with Gasteiger partial charge in [0.1, 0.15) is 0 Å². The van der Waals surface area contributed by atoms with E-state index in [1.807, 2.05) is 52.8 Å². The molecule has 5 nitrogen and oxygen atoms in total. The number of ketones is 1. The minimum absolute atomic E-state index is 0. The number of aliphatic hydroxyl groups excluding tert-OH is 1. The van der Waals surface area contributed by atoms with Crippen LogP contribution in [-0.4, -0.2) is 20.9 Å². The first-order valence-electron chi connectivity index (χ1n) is 14.7. The van der Waals surface area contributed by atoms with Gasteiger partial charge < -0.3 is 10.1 Å². The van der Waals surface area contributed by atoms with Crippen LogP contribution >= 0.6 is 0 Å². The minimum Gasteiger partial charge on any atom is -0.512 e. The minimum atomic E-state index is 0. The molecule has 3 aromatic rings. The second kappa shape index (κ2) is 17.1. The molecule has 1 heterocycles. The molecule has 0 bridgehead atoms. The fraction of sp³-hybridized carbons (Fsp3) is 0.444. The second-order valence-corrected chi connectivity index (χ2v) is 11.5. The largest absolute Gasteiger partial charge is 0.512 e. The predicted octanol–water partition coefficient (Wildman–Crippen LogP) is 9.94. The number of aryl methyl sites for hydroxylation is 2. The molecule has 1 N–H and O–H groups in total. The Hall–Kier alpha value is -3.13. The van der Waals surface area contributed by atoms with Gasteiger partial charge in [-0.2, -0.15) is 0 Å². The van der Waals surface area contributed by atoms with Crippen molar-refractivity contribution in [3.63, 3.8) is 0 Å². The topological polar surface area (TPSA) is 67.4 Å². The quantitative estimate of drug-likeness (QED) is 0.135. The van der Waals surface area contributed by atoms with E-state index in [1.165, 1.54) is 11.6 Å². The third-order valence-corrected chi connectivity index (χ3v) is 7.45. The van der Waals surface area contributed by atoms with Gasteiger partial charge in [-0.1, -0.05) is 79.7 Å². The molecule has 0 aliphatic carbocycles. The molecular formula is C36H46IrN3O2-. The average molecular weight is 745 g/mol. The van der Waals surface area contributed by atoms with Gasteiger partial charge in [0.15, 0.2) is 11.5 Å². The van der Waals surface area contributed by atoms with Crippen molar-refractivity contribution in [3.05, 3.63) is 88.7 Å². The van der Waals surface area contributed by atoms with Gasteiger partial charge in [0.05, 0.1) is 18.0 Å². The van der Waals surface area contributed by atoms with Crippen LogP contribution in [0.25, 0.3) is 27.4 Å². The number of allylic oxidation sites excluding steroid dienone is 2. The number of hydrogen-bond donors (Lipinski definition) is 1. The first kappa shape index (κ1) is 36.9. The molecule has 227 valence electrons. The molecule has 0 amide bonds. The third-order valence-electron chi connectivity index (χ3n) is 7.45. The smallest absolute Gasteiger partial charge is 0.196 e. The van der Waals surface area contributed by atoms with E-state index in [2.05, 4.69) is 55.7 Å². The third kappa shape index (κ3) is 10.0. The number of hydrogen-bond acceptors (Lipinski definition) is 4. The molecule has 0 aliphatic rings. The van der Waals surface area contributed by atoms with Crippen LogP contribution < -0.4 is 0 Å².